The summed E-state index contributed by atoms with van der Waals surface area (Å²) in [5.74, 6) is 0. The molecule has 82 valence electrons. The lowest BCUT2D eigenvalue weighted by Gasteiger charge is -2.03. The van der Waals surface area contributed by atoms with Crippen LogP contribution in [-0.2, 0) is 6.54 Å². The molecule has 0 aliphatic heterocycles. The molecule has 0 aliphatic rings. The van der Waals surface area contributed by atoms with Crippen LogP contribution in [0.5, 0.6) is 0 Å². The molecule has 0 amide bonds. The van der Waals surface area contributed by atoms with E-state index in [1.165, 1.54) is 11.8 Å². The Kier molecular flexibility index (Phi) is 3.93. The average Bonchev–Trinajstić information content (AvgIpc) is 2.32. The second kappa shape index (κ2) is 5.43. The van der Waals surface area contributed by atoms with E-state index in [1.54, 1.807) is 6.20 Å². The van der Waals surface area contributed by atoms with E-state index < -0.39 is 0 Å². The van der Waals surface area contributed by atoms with Crippen molar-refractivity contribution in [3.05, 3.63) is 46.7 Å². The van der Waals surface area contributed by atoms with Crippen molar-refractivity contribution in [3.8, 4) is 0 Å². The van der Waals surface area contributed by atoms with E-state index in [4.69, 9.17) is 5.73 Å². The molecule has 1 aromatic heterocycles. The Labute approximate surface area is 107 Å². The summed E-state index contributed by atoms with van der Waals surface area (Å²) in [6, 6.07) is 9.80. The predicted octanol–water partition coefficient (Wildman–Crippen LogP) is 2.85. The Morgan fingerprint density at radius 3 is 2.81 bits per heavy atom. The third kappa shape index (κ3) is 2.81. The minimum Gasteiger partial charge on any atom is -0.325 e. The van der Waals surface area contributed by atoms with Gasteiger partial charge in [-0.25, -0.2) is 9.97 Å². The van der Waals surface area contributed by atoms with Crippen molar-refractivity contribution in [2.75, 3.05) is 0 Å². The van der Waals surface area contributed by atoms with Crippen LogP contribution < -0.4 is 5.73 Å². The fraction of sp³-hybridized carbons (Fsp3) is 0.0909. The van der Waals surface area contributed by atoms with Gasteiger partial charge in [-0.3, -0.25) is 0 Å². The third-order valence-electron chi connectivity index (χ3n) is 1.94. The smallest absolute Gasteiger partial charge is 0.192 e. The molecule has 0 unspecified atom stereocenters. The lowest BCUT2D eigenvalue weighted by Crippen LogP contribution is -2.00. The van der Waals surface area contributed by atoms with Gasteiger partial charge in [-0.1, -0.05) is 12.1 Å². The first-order valence-corrected chi connectivity index (χ1v) is 6.35. The van der Waals surface area contributed by atoms with Gasteiger partial charge >= 0.3 is 0 Å². The van der Waals surface area contributed by atoms with Crippen LogP contribution in [0.4, 0.5) is 0 Å². The highest BCUT2D eigenvalue weighted by molar-refractivity contribution is 9.10. The minimum atomic E-state index is 0.437. The van der Waals surface area contributed by atoms with Gasteiger partial charge in [0.15, 0.2) is 5.16 Å². The number of nitrogens with zero attached hydrogens (tertiary/aromatic N) is 2. The summed E-state index contributed by atoms with van der Waals surface area (Å²) >= 11 is 5.01. The highest BCUT2D eigenvalue weighted by Gasteiger charge is 2.04. The maximum atomic E-state index is 5.53. The van der Waals surface area contributed by atoms with Crippen LogP contribution in [-0.4, -0.2) is 9.97 Å². The van der Waals surface area contributed by atoms with Crippen LogP contribution in [0.1, 0.15) is 5.69 Å². The molecule has 0 bridgehead atoms. The van der Waals surface area contributed by atoms with E-state index in [1.807, 2.05) is 30.3 Å². The zero-order valence-electron chi connectivity index (χ0n) is 8.43. The van der Waals surface area contributed by atoms with Crippen molar-refractivity contribution in [2.45, 2.75) is 16.6 Å². The summed E-state index contributed by atoms with van der Waals surface area (Å²) in [4.78, 5) is 9.63. The minimum absolute atomic E-state index is 0.437. The molecule has 0 atom stereocenters. The van der Waals surface area contributed by atoms with Crippen LogP contribution in [0.2, 0.25) is 0 Å². The lowest BCUT2D eigenvalue weighted by molar-refractivity contribution is 0.874. The molecule has 5 heteroatoms. The summed E-state index contributed by atoms with van der Waals surface area (Å²) in [6.45, 7) is 0.437. The summed E-state index contributed by atoms with van der Waals surface area (Å²) in [5, 5.41) is 0.717. The van der Waals surface area contributed by atoms with E-state index in [2.05, 4.69) is 25.9 Å². The molecule has 2 N–H and O–H groups in total. The summed E-state index contributed by atoms with van der Waals surface area (Å²) in [6.07, 6.45) is 1.73. The van der Waals surface area contributed by atoms with Crippen LogP contribution in [0.25, 0.3) is 0 Å². The number of aromatic nitrogens is 2. The largest absolute Gasteiger partial charge is 0.325 e. The van der Waals surface area contributed by atoms with E-state index >= 15 is 0 Å². The van der Waals surface area contributed by atoms with Crippen molar-refractivity contribution in [1.29, 1.82) is 0 Å². The Hall–Kier alpha value is -0.910. The quantitative estimate of drug-likeness (QED) is 0.885. The molecule has 1 heterocycles. The number of rotatable bonds is 3. The monoisotopic (exact) mass is 295 g/mol. The molecule has 2 rings (SSSR count). The molecule has 0 spiro atoms. The Morgan fingerprint density at radius 1 is 1.25 bits per heavy atom. The maximum absolute atomic E-state index is 5.53. The van der Waals surface area contributed by atoms with Gasteiger partial charge in [0.1, 0.15) is 0 Å². The van der Waals surface area contributed by atoms with Gasteiger partial charge in [-0.2, -0.15) is 0 Å². The SMILES string of the molecule is NCc1ccnc(Sc2ccccc2Br)n1. The van der Waals surface area contributed by atoms with Crippen LogP contribution >= 0.6 is 27.7 Å². The first-order chi connectivity index (χ1) is 7.79. The first kappa shape index (κ1) is 11.6. The highest BCUT2D eigenvalue weighted by Crippen LogP contribution is 2.30. The topological polar surface area (TPSA) is 51.8 Å². The molecule has 16 heavy (non-hydrogen) atoms. The van der Waals surface area contributed by atoms with Crippen LogP contribution in [0.3, 0.4) is 0 Å². The molecular formula is C11H10BrN3S. The molecule has 1 aromatic carbocycles. The lowest BCUT2D eigenvalue weighted by atomic mass is 10.4. The molecule has 0 fully saturated rings. The number of benzene rings is 1. The van der Waals surface area contributed by atoms with Crippen molar-refractivity contribution in [1.82, 2.24) is 9.97 Å². The van der Waals surface area contributed by atoms with Crippen LogP contribution in [0, 0.1) is 0 Å². The second-order valence-corrected chi connectivity index (χ2v) is 4.93. The molecule has 0 aliphatic carbocycles. The Bertz CT molecular complexity index is 490. The summed E-state index contributed by atoms with van der Waals surface area (Å²) in [7, 11) is 0. The van der Waals surface area contributed by atoms with E-state index in [-0.39, 0.29) is 0 Å². The zero-order valence-corrected chi connectivity index (χ0v) is 10.8. The van der Waals surface area contributed by atoms with Gasteiger partial charge in [0, 0.05) is 22.1 Å². The van der Waals surface area contributed by atoms with Gasteiger partial charge in [0.2, 0.25) is 0 Å². The maximum Gasteiger partial charge on any atom is 0.192 e. The number of hydrogen-bond donors (Lipinski definition) is 1. The fourth-order valence-corrected chi connectivity index (χ4v) is 2.48. The average molecular weight is 296 g/mol. The first-order valence-electron chi connectivity index (χ1n) is 4.74. The van der Waals surface area contributed by atoms with Gasteiger partial charge in [-0.05, 0) is 45.9 Å². The van der Waals surface area contributed by atoms with Crippen molar-refractivity contribution in [2.24, 2.45) is 5.73 Å². The second-order valence-electron chi connectivity index (χ2n) is 3.07. The molecule has 0 saturated heterocycles. The Morgan fingerprint density at radius 2 is 2.06 bits per heavy atom. The van der Waals surface area contributed by atoms with E-state index in [0.717, 1.165) is 20.2 Å². The zero-order chi connectivity index (χ0) is 11.4. The summed E-state index contributed by atoms with van der Waals surface area (Å²) < 4.78 is 1.04. The highest BCUT2D eigenvalue weighted by atomic mass is 79.9. The van der Waals surface area contributed by atoms with Gasteiger partial charge in [0.25, 0.3) is 0 Å². The number of nitrogens with two attached hydrogens (primary N) is 1. The van der Waals surface area contributed by atoms with Gasteiger partial charge in [0.05, 0.1) is 5.69 Å². The third-order valence-corrected chi connectivity index (χ3v) is 3.85. The van der Waals surface area contributed by atoms with Gasteiger partial charge in [-0.15, -0.1) is 0 Å². The van der Waals surface area contributed by atoms with E-state index in [9.17, 15) is 0 Å². The molecular weight excluding hydrogens is 286 g/mol. The summed E-state index contributed by atoms with van der Waals surface area (Å²) in [5.41, 5.74) is 6.38. The molecule has 2 aromatic rings. The van der Waals surface area contributed by atoms with E-state index in [0.29, 0.717) is 6.54 Å². The van der Waals surface area contributed by atoms with Crippen molar-refractivity contribution in [3.63, 3.8) is 0 Å². The molecule has 0 saturated carbocycles. The van der Waals surface area contributed by atoms with Gasteiger partial charge < -0.3 is 5.73 Å². The van der Waals surface area contributed by atoms with Crippen molar-refractivity contribution >= 4 is 27.7 Å². The van der Waals surface area contributed by atoms with Crippen LogP contribution in [0.15, 0.2) is 51.1 Å². The molecule has 3 nitrogen and oxygen atoms in total. The number of hydrogen-bond acceptors (Lipinski definition) is 4. The normalized spacial score (nSPS) is 10.4. The molecule has 0 radical (unpaired) electrons. The standard InChI is InChI=1S/C11H10BrN3S/c12-9-3-1-2-4-10(9)16-11-14-6-5-8(7-13)15-11/h1-6H,7,13H2. The predicted molar refractivity (Wildman–Crippen MR) is 68.2 cm³/mol. The fourth-order valence-electron chi connectivity index (χ4n) is 1.16. The Balaban J connectivity index is 2.24. The number of halogens is 1. The van der Waals surface area contributed by atoms with Crippen molar-refractivity contribution < 1.29 is 0 Å².